The molecule has 0 fully saturated rings. The molecule has 0 bridgehead atoms. The van der Waals surface area contributed by atoms with E-state index in [2.05, 4.69) is 4.74 Å². The van der Waals surface area contributed by atoms with Crippen LogP contribution in [-0.4, -0.2) is 19.0 Å². The molecular weight excluding hydrogens is 140 g/mol. The molecular formula is C6H11ClO2. The second-order valence-electron chi connectivity index (χ2n) is 1.72. The number of rotatable bonds is 6. The summed E-state index contributed by atoms with van der Waals surface area (Å²) in [5, 5.41) is 0. The summed E-state index contributed by atoms with van der Waals surface area (Å²) < 4.78 is 4.46. The largest absolute Gasteiger partial charge is 0.468 e. The highest BCUT2D eigenvalue weighted by molar-refractivity contribution is 6.17. The van der Waals surface area contributed by atoms with Crippen molar-refractivity contribution in [2.45, 2.75) is 19.3 Å². The smallest absolute Gasteiger partial charge is 0.293 e. The molecule has 0 saturated carbocycles. The van der Waals surface area contributed by atoms with Crippen LogP contribution < -0.4 is 0 Å². The summed E-state index contributed by atoms with van der Waals surface area (Å²) in [5.74, 6) is 0.696. The summed E-state index contributed by atoms with van der Waals surface area (Å²) in [6.07, 6.45) is 2.96. The van der Waals surface area contributed by atoms with Gasteiger partial charge in [-0.05, 0) is 19.3 Å². The molecule has 0 aromatic heterocycles. The van der Waals surface area contributed by atoms with E-state index in [1.54, 1.807) is 0 Å². The molecule has 0 spiro atoms. The van der Waals surface area contributed by atoms with E-state index >= 15 is 0 Å². The first kappa shape index (κ1) is 8.76. The van der Waals surface area contributed by atoms with Crippen LogP contribution in [0.1, 0.15) is 19.3 Å². The molecule has 0 rings (SSSR count). The van der Waals surface area contributed by atoms with Crippen LogP contribution in [0, 0.1) is 0 Å². The van der Waals surface area contributed by atoms with Gasteiger partial charge in [0.15, 0.2) is 0 Å². The summed E-state index contributed by atoms with van der Waals surface area (Å²) >= 11 is 5.40. The van der Waals surface area contributed by atoms with E-state index in [9.17, 15) is 4.79 Å². The Morgan fingerprint density at radius 3 is 2.67 bits per heavy atom. The zero-order chi connectivity index (χ0) is 6.95. The summed E-state index contributed by atoms with van der Waals surface area (Å²) in [6, 6.07) is 0. The van der Waals surface area contributed by atoms with Gasteiger partial charge in [-0.3, -0.25) is 4.79 Å². The van der Waals surface area contributed by atoms with Gasteiger partial charge in [-0.25, -0.2) is 0 Å². The maximum absolute atomic E-state index is 9.59. The fraction of sp³-hybridized carbons (Fsp3) is 0.833. The molecule has 9 heavy (non-hydrogen) atoms. The highest BCUT2D eigenvalue weighted by atomic mass is 35.5. The summed E-state index contributed by atoms with van der Waals surface area (Å²) in [4.78, 5) is 9.59. The monoisotopic (exact) mass is 150 g/mol. The summed E-state index contributed by atoms with van der Waals surface area (Å²) in [6.45, 7) is 1.00. The molecule has 0 radical (unpaired) electrons. The maximum atomic E-state index is 9.59. The first-order valence-corrected chi connectivity index (χ1v) is 3.56. The highest BCUT2D eigenvalue weighted by Crippen LogP contribution is 1.96. The van der Waals surface area contributed by atoms with Gasteiger partial charge < -0.3 is 4.74 Å². The van der Waals surface area contributed by atoms with Crippen LogP contribution in [0.25, 0.3) is 0 Å². The third-order valence-corrected chi connectivity index (χ3v) is 1.23. The van der Waals surface area contributed by atoms with E-state index in [1.807, 2.05) is 0 Å². The average molecular weight is 151 g/mol. The molecule has 0 aliphatic carbocycles. The minimum atomic E-state index is 0.473. The van der Waals surface area contributed by atoms with Crippen LogP contribution >= 0.6 is 11.6 Å². The van der Waals surface area contributed by atoms with E-state index in [-0.39, 0.29) is 0 Å². The normalized spacial score (nSPS) is 9.00. The van der Waals surface area contributed by atoms with Crippen molar-refractivity contribution in [3.63, 3.8) is 0 Å². The van der Waals surface area contributed by atoms with E-state index in [1.165, 1.54) is 0 Å². The van der Waals surface area contributed by atoms with Gasteiger partial charge in [-0.15, -0.1) is 11.6 Å². The van der Waals surface area contributed by atoms with Crippen LogP contribution in [-0.2, 0) is 9.53 Å². The lowest BCUT2D eigenvalue weighted by atomic mass is 10.3. The third kappa shape index (κ3) is 7.76. The number of unbranched alkanes of at least 4 members (excludes halogenated alkanes) is 2. The number of carbonyl (C=O) groups is 1. The van der Waals surface area contributed by atoms with Gasteiger partial charge >= 0.3 is 0 Å². The highest BCUT2D eigenvalue weighted by Gasteiger charge is 1.86. The Balaban J connectivity index is 2.66. The minimum Gasteiger partial charge on any atom is -0.468 e. The zero-order valence-corrected chi connectivity index (χ0v) is 6.06. The van der Waals surface area contributed by atoms with Gasteiger partial charge in [0.2, 0.25) is 0 Å². The average Bonchev–Trinajstić information content (AvgIpc) is 1.89. The summed E-state index contributed by atoms with van der Waals surface area (Å²) in [7, 11) is 0. The molecule has 0 saturated heterocycles. The van der Waals surface area contributed by atoms with Crippen LogP contribution in [0.5, 0.6) is 0 Å². The minimum absolute atomic E-state index is 0.473. The first-order valence-electron chi connectivity index (χ1n) is 3.03. The van der Waals surface area contributed by atoms with Crippen molar-refractivity contribution in [1.29, 1.82) is 0 Å². The van der Waals surface area contributed by atoms with Crippen molar-refractivity contribution < 1.29 is 9.53 Å². The van der Waals surface area contributed by atoms with Gasteiger partial charge in [0.1, 0.15) is 0 Å². The predicted molar refractivity (Wildman–Crippen MR) is 36.6 cm³/mol. The number of hydrogen-bond acceptors (Lipinski definition) is 2. The molecule has 2 nitrogen and oxygen atoms in total. The van der Waals surface area contributed by atoms with Crippen molar-refractivity contribution in [2.24, 2.45) is 0 Å². The van der Waals surface area contributed by atoms with Crippen molar-refractivity contribution >= 4 is 18.1 Å². The van der Waals surface area contributed by atoms with Gasteiger partial charge in [0, 0.05) is 5.88 Å². The van der Waals surface area contributed by atoms with E-state index in [0.29, 0.717) is 19.0 Å². The van der Waals surface area contributed by atoms with Crippen molar-refractivity contribution in [2.75, 3.05) is 12.5 Å². The van der Waals surface area contributed by atoms with Crippen LogP contribution in [0.2, 0.25) is 0 Å². The predicted octanol–water partition coefficient (Wildman–Crippen LogP) is 1.57. The number of hydrogen-bond donors (Lipinski definition) is 0. The lowest BCUT2D eigenvalue weighted by Crippen LogP contribution is -1.91. The van der Waals surface area contributed by atoms with Crippen molar-refractivity contribution in [3.8, 4) is 0 Å². The Hall–Kier alpha value is -0.240. The molecule has 0 heterocycles. The van der Waals surface area contributed by atoms with Crippen molar-refractivity contribution in [1.82, 2.24) is 0 Å². The van der Waals surface area contributed by atoms with Crippen molar-refractivity contribution in [3.05, 3.63) is 0 Å². The van der Waals surface area contributed by atoms with Crippen LogP contribution in [0.4, 0.5) is 0 Å². The van der Waals surface area contributed by atoms with E-state index < -0.39 is 0 Å². The van der Waals surface area contributed by atoms with Gasteiger partial charge in [0.25, 0.3) is 6.47 Å². The molecule has 0 aromatic rings. The first-order chi connectivity index (χ1) is 4.41. The standard InChI is InChI=1S/C6H11ClO2/c7-4-2-1-3-5-9-6-8/h6H,1-5H2. The molecule has 54 valence electrons. The Morgan fingerprint density at radius 2 is 2.11 bits per heavy atom. The molecule has 0 aromatic carbocycles. The molecule has 0 unspecified atom stereocenters. The fourth-order valence-electron chi connectivity index (χ4n) is 0.505. The number of ether oxygens (including phenoxy) is 1. The van der Waals surface area contributed by atoms with Gasteiger partial charge in [0.05, 0.1) is 6.61 Å². The van der Waals surface area contributed by atoms with E-state index in [0.717, 1.165) is 19.3 Å². The molecule has 0 atom stereocenters. The van der Waals surface area contributed by atoms with Gasteiger partial charge in [-0.1, -0.05) is 0 Å². The maximum Gasteiger partial charge on any atom is 0.293 e. The molecule has 0 aliphatic rings. The topological polar surface area (TPSA) is 26.3 Å². The Kier molecular flexibility index (Phi) is 7.55. The molecule has 3 heteroatoms. The van der Waals surface area contributed by atoms with Crippen LogP contribution in [0.15, 0.2) is 0 Å². The quantitative estimate of drug-likeness (QED) is 0.326. The lowest BCUT2D eigenvalue weighted by Gasteiger charge is -1.95. The Labute approximate surface area is 60.1 Å². The molecule has 0 aliphatic heterocycles. The number of alkyl halides is 1. The van der Waals surface area contributed by atoms with Crippen LogP contribution in [0.3, 0.4) is 0 Å². The second kappa shape index (κ2) is 7.76. The molecule has 0 N–H and O–H groups in total. The summed E-state index contributed by atoms with van der Waals surface area (Å²) in [5.41, 5.74) is 0. The third-order valence-electron chi connectivity index (χ3n) is 0.964. The Bertz CT molecular complexity index is 66.1. The lowest BCUT2D eigenvalue weighted by molar-refractivity contribution is -0.128. The Morgan fingerprint density at radius 1 is 1.33 bits per heavy atom. The SMILES string of the molecule is O=COCCCCCCl. The fourth-order valence-corrected chi connectivity index (χ4v) is 0.694. The number of carbonyl (C=O) groups excluding carboxylic acids is 1. The van der Waals surface area contributed by atoms with Gasteiger partial charge in [-0.2, -0.15) is 0 Å². The second-order valence-corrected chi connectivity index (χ2v) is 2.09. The zero-order valence-electron chi connectivity index (χ0n) is 5.31. The van der Waals surface area contributed by atoms with E-state index in [4.69, 9.17) is 11.6 Å². The molecule has 0 amide bonds. The number of halogens is 1.